The van der Waals surface area contributed by atoms with Gasteiger partial charge in [0, 0.05) is 38.1 Å². The normalized spacial score (nSPS) is 21.4. The summed E-state index contributed by atoms with van der Waals surface area (Å²) in [5.74, 6) is 0. The highest BCUT2D eigenvalue weighted by Gasteiger charge is 2.53. The highest BCUT2D eigenvalue weighted by molar-refractivity contribution is 7.07. The third-order valence-electron chi connectivity index (χ3n) is 3.81. The second-order valence-electron chi connectivity index (χ2n) is 7.11. The Labute approximate surface area is 124 Å². The summed E-state index contributed by atoms with van der Waals surface area (Å²) < 4.78 is 5.39. The summed E-state index contributed by atoms with van der Waals surface area (Å²) in [6.45, 7) is 10.7. The van der Waals surface area contributed by atoms with Crippen molar-refractivity contribution in [2.24, 2.45) is 5.41 Å². The summed E-state index contributed by atoms with van der Waals surface area (Å²) in [6.07, 6.45) is -0.167. The quantitative estimate of drug-likeness (QED) is 0.841. The van der Waals surface area contributed by atoms with Crippen LogP contribution in [0.15, 0.2) is 16.8 Å². The first kappa shape index (κ1) is 13.9. The number of likely N-dealkylation sites (tertiary alicyclic amines) is 2. The molecule has 0 aliphatic carbocycles. The van der Waals surface area contributed by atoms with Crippen LogP contribution in [0.5, 0.6) is 0 Å². The van der Waals surface area contributed by atoms with E-state index in [2.05, 4.69) is 21.7 Å². The SMILES string of the molecule is CC(C)(C)OC(=O)N1CC2(CN(Cc3ccsc3)C2)C1. The van der Waals surface area contributed by atoms with Gasteiger partial charge in [-0.3, -0.25) is 4.90 Å². The zero-order valence-electron chi connectivity index (χ0n) is 12.4. The van der Waals surface area contributed by atoms with Crippen LogP contribution in [0, 0.1) is 5.41 Å². The largest absolute Gasteiger partial charge is 0.444 e. The second kappa shape index (κ2) is 4.74. The van der Waals surface area contributed by atoms with Crippen LogP contribution in [0.1, 0.15) is 26.3 Å². The molecule has 0 radical (unpaired) electrons. The molecule has 0 N–H and O–H groups in total. The zero-order chi connectivity index (χ0) is 14.4. The minimum Gasteiger partial charge on any atom is -0.444 e. The van der Waals surface area contributed by atoms with Gasteiger partial charge in [0.05, 0.1) is 0 Å². The molecule has 1 aromatic rings. The Hall–Kier alpha value is -1.07. The molecule has 4 nitrogen and oxygen atoms in total. The first-order valence-corrected chi connectivity index (χ1v) is 8.01. The summed E-state index contributed by atoms with van der Waals surface area (Å²) in [7, 11) is 0. The van der Waals surface area contributed by atoms with Gasteiger partial charge in [-0.2, -0.15) is 11.3 Å². The van der Waals surface area contributed by atoms with E-state index in [-0.39, 0.29) is 6.09 Å². The van der Waals surface area contributed by atoms with E-state index in [0.29, 0.717) is 5.41 Å². The Morgan fingerprint density at radius 2 is 2.05 bits per heavy atom. The molecule has 1 spiro atoms. The predicted molar refractivity (Wildman–Crippen MR) is 79.8 cm³/mol. The van der Waals surface area contributed by atoms with Crippen molar-refractivity contribution in [3.63, 3.8) is 0 Å². The van der Waals surface area contributed by atoms with Gasteiger partial charge in [0.1, 0.15) is 5.60 Å². The summed E-state index contributed by atoms with van der Waals surface area (Å²) in [5, 5.41) is 4.33. The number of amides is 1. The van der Waals surface area contributed by atoms with Crippen LogP contribution in [0.2, 0.25) is 0 Å². The highest BCUT2D eigenvalue weighted by atomic mass is 32.1. The van der Waals surface area contributed by atoms with Crippen molar-refractivity contribution in [1.29, 1.82) is 0 Å². The molecular weight excluding hydrogens is 272 g/mol. The van der Waals surface area contributed by atoms with E-state index in [1.165, 1.54) is 5.56 Å². The molecule has 0 unspecified atom stereocenters. The van der Waals surface area contributed by atoms with Gasteiger partial charge in [-0.05, 0) is 43.2 Å². The fourth-order valence-electron chi connectivity index (χ4n) is 3.07. The van der Waals surface area contributed by atoms with Crippen molar-refractivity contribution in [3.05, 3.63) is 22.4 Å². The van der Waals surface area contributed by atoms with Crippen LogP contribution in [0.3, 0.4) is 0 Å². The maximum atomic E-state index is 11.9. The van der Waals surface area contributed by atoms with E-state index in [1.807, 2.05) is 25.7 Å². The van der Waals surface area contributed by atoms with Gasteiger partial charge in [-0.25, -0.2) is 4.79 Å². The van der Waals surface area contributed by atoms with Gasteiger partial charge < -0.3 is 9.64 Å². The third-order valence-corrected chi connectivity index (χ3v) is 4.54. The number of ether oxygens (including phenoxy) is 1. The minimum absolute atomic E-state index is 0.167. The van der Waals surface area contributed by atoms with E-state index >= 15 is 0 Å². The highest BCUT2D eigenvalue weighted by Crippen LogP contribution is 2.40. The van der Waals surface area contributed by atoms with Crippen LogP contribution >= 0.6 is 11.3 Å². The lowest BCUT2D eigenvalue weighted by atomic mass is 9.73. The first-order valence-electron chi connectivity index (χ1n) is 7.07. The molecule has 3 rings (SSSR count). The van der Waals surface area contributed by atoms with E-state index in [9.17, 15) is 4.79 Å². The molecule has 3 heterocycles. The van der Waals surface area contributed by atoms with Gasteiger partial charge in [-0.15, -0.1) is 0 Å². The summed E-state index contributed by atoms with van der Waals surface area (Å²) in [4.78, 5) is 16.2. The van der Waals surface area contributed by atoms with E-state index in [0.717, 1.165) is 32.7 Å². The molecule has 0 atom stereocenters. The van der Waals surface area contributed by atoms with E-state index in [1.54, 1.807) is 11.3 Å². The predicted octanol–water partition coefficient (Wildman–Crippen LogP) is 2.80. The molecule has 1 aromatic heterocycles. The van der Waals surface area contributed by atoms with Gasteiger partial charge in [0.25, 0.3) is 0 Å². The number of hydrogen-bond acceptors (Lipinski definition) is 4. The number of nitrogens with zero attached hydrogens (tertiary/aromatic N) is 2. The van der Waals surface area contributed by atoms with Crippen molar-refractivity contribution in [2.45, 2.75) is 32.9 Å². The third kappa shape index (κ3) is 2.83. The number of carbonyl (C=O) groups excluding carboxylic acids is 1. The fraction of sp³-hybridized carbons (Fsp3) is 0.667. The lowest BCUT2D eigenvalue weighted by Crippen LogP contribution is -2.72. The zero-order valence-corrected chi connectivity index (χ0v) is 13.2. The van der Waals surface area contributed by atoms with Crippen LogP contribution in [0.4, 0.5) is 4.79 Å². The molecule has 110 valence electrons. The Kier molecular flexibility index (Phi) is 3.29. The monoisotopic (exact) mass is 294 g/mol. The summed E-state index contributed by atoms with van der Waals surface area (Å²) >= 11 is 1.75. The Balaban J connectivity index is 1.42. The fourth-order valence-corrected chi connectivity index (χ4v) is 3.73. The number of rotatable bonds is 2. The topological polar surface area (TPSA) is 32.8 Å². The van der Waals surface area contributed by atoms with Gasteiger partial charge in [-0.1, -0.05) is 0 Å². The Bertz CT molecular complexity index is 478. The van der Waals surface area contributed by atoms with Crippen molar-refractivity contribution in [1.82, 2.24) is 9.80 Å². The average molecular weight is 294 g/mol. The average Bonchev–Trinajstić information content (AvgIpc) is 2.68. The molecule has 2 fully saturated rings. The lowest BCUT2D eigenvalue weighted by molar-refractivity contribution is -0.115. The molecule has 20 heavy (non-hydrogen) atoms. The maximum Gasteiger partial charge on any atom is 0.410 e. The van der Waals surface area contributed by atoms with Crippen LogP contribution in [-0.2, 0) is 11.3 Å². The second-order valence-corrected chi connectivity index (χ2v) is 7.89. The molecule has 5 heteroatoms. The Morgan fingerprint density at radius 3 is 2.60 bits per heavy atom. The van der Waals surface area contributed by atoms with Crippen molar-refractivity contribution >= 4 is 17.4 Å². The van der Waals surface area contributed by atoms with E-state index in [4.69, 9.17) is 4.74 Å². The molecule has 2 aliphatic rings. The Morgan fingerprint density at radius 1 is 1.35 bits per heavy atom. The van der Waals surface area contributed by atoms with Gasteiger partial charge in [0.15, 0.2) is 0 Å². The summed E-state index contributed by atoms with van der Waals surface area (Å²) in [5.41, 5.74) is 1.34. The van der Waals surface area contributed by atoms with Crippen LogP contribution in [-0.4, -0.2) is 47.7 Å². The molecular formula is C15H22N2O2S. The number of carbonyl (C=O) groups is 1. The summed E-state index contributed by atoms with van der Waals surface area (Å²) in [6, 6.07) is 2.18. The minimum atomic E-state index is -0.398. The van der Waals surface area contributed by atoms with Crippen molar-refractivity contribution < 1.29 is 9.53 Å². The smallest absolute Gasteiger partial charge is 0.410 e. The molecule has 0 saturated carbocycles. The number of thiophene rings is 1. The van der Waals surface area contributed by atoms with Crippen molar-refractivity contribution in [2.75, 3.05) is 26.2 Å². The maximum absolute atomic E-state index is 11.9. The van der Waals surface area contributed by atoms with Gasteiger partial charge in [0.2, 0.25) is 0 Å². The van der Waals surface area contributed by atoms with Crippen molar-refractivity contribution in [3.8, 4) is 0 Å². The van der Waals surface area contributed by atoms with E-state index < -0.39 is 5.60 Å². The molecule has 2 saturated heterocycles. The lowest BCUT2D eigenvalue weighted by Gasteiger charge is -2.60. The standard InChI is InChI=1S/C15H22N2O2S/c1-14(2,3)19-13(18)17-10-15(11-17)8-16(9-15)6-12-4-5-20-7-12/h4-5,7H,6,8-11H2,1-3H3. The molecule has 0 bridgehead atoms. The molecule has 1 amide bonds. The van der Waals surface area contributed by atoms with Crippen LogP contribution in [0.25, 0.3) is 0 Å². The number of hydrogen-bond donors (Lipinski definition) is 0. The van der Waals surface area contributed by atoms with Gasteiger partial charge >= 0.3 is 6.09 Å². The molecule has 2 aliphatic heterocycles. The van der Waals surface area contributed by atoms with Crippen LogP contribution < -0.4 is 0 Å². The molecule has 0 aromatic carbocycles. The first-order chi connectivity index (χ1) is 9.35.